The summed E-state index contributed by atoms with van der Waals surface area (Å²) in [5.74, 6) is -1.25. The van der Waals surface area contributed by atoms with E-state index in [0.717, 1.165) is 17.8 Å². The number of hydrogen-bond acceptors (Lipinski definition) is 8. The second-order valence-electron chi connectivity index (χ2n) is 6.59. The summed E-state index contributed by atoms with van der Waals surface area (Å²) >= 11 is 0. The Morgan fingerprint density at radius 2 is 1.38 bits per heavy atom. The van der Waals surface area contributed by atoms with Crippen molar-refractivity contribution in [3.8, 4) is 23.0 Å². The van der Waals surface area contributed by atoms with E-state index in [4.69, 9.17) is 34.3 Å². The van der Waals surface area contributed by atoms with Crippen LogP contribution in [-0.2, 0) is 9.47 Å². The van der Waals surface area contributed by atoms with Crippen molar-refractivity contribution in [2.24, 2.45) is 0 Å². The van der Waals surface area contributed by atoms with Gasteiger partial charge < -0.3 is 39.6 Å². The Labute approximate surface area is 195 Å². The maximum Gasteiger partial charge on any atom is 0.335 e. The van der Waals surface area contributed by atoms with Crippen molar-refractivity contribution in [3.63, 3.8) is 0 Å². The van der Waals surface area contributed by atoms with Crippen LogP contribution in [-0.4, -0.2) is 55.0 Å². The van der Waals surface area contributed by atoms with E-state index in [-0.39, 0.29) is 30.8 Å². The lowest BCUT2D eigenvalue weighted by atomic mass is 10.2. The highest BCUT2D eigenvalue weighted by Gasteiger charge is 2.12. The monoisotopic (exact) mass is 471 g/mol. The number of amides is 1. The molecule has 0 saturated heterocycles. The average Bonchev–Trinajstić information content (AvgIpc) is 2.84. The van der Waals surface area contributed by atoms with Crippen molar-refractivity contribution in [3.05, 3.63) is 77.9 Å². The number of carboxylic acid groups (broad SMARTS) is 1. The molecule has 0 aromatic heterocycles. The van der Waals surface area contributed by atoms with Gasteiger partial charge >= 0.3 is 5.97 Å². The molecule has 34 heavy (non-hydrogen) atoms. The lowest BCUT2D eigenvalue weighted by Gasteiger charge is -2.13. The highest BCUT2D eigenvalue weighted by atomic mass is 16.7. The van der Waals surface area contributed by atoms with Crippen LogP contribution in [0.3, 0.4) is 0 Å². The molecule has 0 aliphatic rings. The minimum Gasteiger partial charge on any atom is -0.504 e. The van der Waals surface area contributed by atoms with Crippen molar-refractivity contribution < 1.29 is 43.9 Å². The van der Waals surface area contributed by atoms with E-state index in [1.807, 2.05) is 30.3 Å². The normalized spacial score (nSPS) is 9.94. The molecular weight excluding hydrogens is 446 g/mol. The van der Waals surface area contributed by atoms with Crippen LogP contribution >= 0.6 is 0 Å². The van der Waals surface area contributed by atoms with E-state index in [9.17, 15) is 9.59 Å². The van der Waals surface area contributed by atoms with Gasteiger partial charge in [0.2, 0.25) is 0 Å². The molecule has 0 aliphatic heterocycles. The van der Waals surface area contributed by atoms with Gasteiger partial charge in [-0.05, 0) is 48.5 Å². The second kappa shape index (κ2) is 13.3. The molecule has 0 aliphatic carbocycles. The highest BCUT2D eigenvalue weighted by Crippen LogP contribution is 2.29. The lowest BCUT2D eigenvalue weighted by molar-refractivity contribution is 0.0322. The van der Waals surface area contributed by atoms with Crippen LogP contribution in [0.4, 0.5) is 5.69 Å². The fourth-order valence-corrected chi connectivity index (χ4v) is 2.51. The zero-order valence-electron chi connectivity index (χ0n) is 18.6. The quantitative estimate of drug-likeness (QED) is 0.271. The van der Waals surface area contributed by atoms with Crippen LogP contribution in [0.1, 0.15) is 20.7 Å². The van der Waals surface area contributed by atoms with Gasteiger partial charge in [0, 0.05) is 25.5 Å². The number of aromatic hydroxyl groups is 2. The molecule has 180 valence electrons. The molecule has 3 aromatic rings. The summed E-state index contributed by atoms with van der Waals surface area (Å²) in [7, 11) is 3.04. The van der Waals surface area contributed by atoms with E-state index in [1.165, 1.54) is 20.3 Å². The summed E-state index contributed by atoms with van der Waals surface area (Å²) in [6.45, 7) is 0.131. The first-order chi connectivity index (χ1) is 16.3. The van der Waals surface area contributed by atoms with Gasteiger partial charge in [-0.3, -0.25) is 4.79 Å². The first kappa shape index (κ1) is 26.0. The number of rotatable bonds is 9. The zero-order valence-corrected chi connectivity index (χ0v) is 18.6. The Kier molecular flexibility index (Phi) is 10.2. The number of benzene rings is 3. The number of phenols is 2. The summed E-state index contributed by atoms with van der Waals surface area (Å²) < 4.78 is 20.6. The van der Waals surface area contributed by atoms with Gasteiger partial charge in [0.25, 0.3) is 5.91 Å². The number of nitrogens with one attached hydrogen (secondary N) is 1. The molecule has 0 spiro atoms. The molecule has 4 N–H and O–H groups in total. The van der Waals surface area contributed by atoms with E-state index in [2.05, 4.69) is 5.32 Å². The number of hydrogen-bond donors (Lipinski definition) is 4. The molecule has 0 radical (unpaired) electrons. The standard InChI is InChI=1S/C17H19NO5.C7H6O4/c1-20-11-22-15-9-8-13(10-16(15)23-12-21-2)17(19)18-14-6-4-3-5-7-14;8-5-2-1-4(7(10)11)3-6(5)9/h3-10H,11-12H2,1-2H3,(H,18,19);1-3,8-9H,(H,10,11). The number of anilines is 1. The maximum atomic E-state index is 12.3. The predicted octanol–water partition coefficient (Wildman–Crippen LogP) is 3.70. The van der Waals surface area contributed by atoms with Gasteiger partial charge in [-0.2, -0.15) is 0 Å². The van der Waals surface area contributed by atoms with Gasteiger partial charge in [0.1, 0.15) is 0 Å². The summed E-state index contributed by atoms with van der Waals surface area (Å²) in [4.78, 5) is 22.6. The smallest absolute Gasteiger partial charge is 0.335 e. The number of carbonyl (C=O) groups is 2. The average molecular weight is 471 g/mol. The number of para-hydroxylation sites is 1. The molecule has 0 fully saturated rings. The number of carboxylic acids is 1. The maximum absolute atomic E-state index is 12.3. The van der Waals surface area contributed by atoms with Crippen molar-refractivity contribution in [2.75, 3.05) is 33.1 Å². The van der Waals surface area contributed by atoms with Gasteiger partial charge in [-0.25, -0.2) is 4.79 Å². The van der Waals surface area contributed by atoms with E-state index in [0.29, 0.717) is 17.1 Å². The van der Waals surface area contributed by atoms with Crippen LogP contribution in [0.15, 0.2) is 66.7 Å². The Bertz CT molecular complexity index is 1090. The lowest BCUT2D eigenvalue weighted by Crippen LogP contribution is -2.12. The van der Waals surface area contributed by atoms with Crippen LogP contribution in [0.2, 0.25) is 0 Å². The minimum atomic E-state index is -1.14. The Hall–Kier alpha value is -4.28. The van der Waals surface area contributed by atoms with Crippen molar-refractivity contribution in [1.29, 1.82) is 0 Å². The first-order valence-electron chi connectivity index (χ1n) is 9.85. The number of ether oxygens (including phenoxy) is 4. The number of methoxy groups -OCH3 is 2. The Morgan fingerprint density at radius 3 is 1.97 bits per heavy atom. The third-order valence-corrected chi connectivity index (χ3v) is 4.12. The number of aromatic carboxylic acids is 1. The largest absolute Gasteiger partial charge is 0.504 e. The molecule has 0 atom stereocenters. The summed E-state index contributed by atoms with van der Waals surface area (Å²) in [5.41, 5.74) is 1.11. The van der Waals surface area contributed by atoms with Gasteiger partial charge in [-0.15, -0.1) is 0 Å². The van der Waals surface area contributed by atoms with Crippen molar-refractivity contribution >= 4 is 17.6 Å². The first-order valence-corrected chi connectivity index (χ1v) is 9.85. The van der Waals surface area contributed by atoms with Crippen LogP contribution in [0.25, 0.3) is 0 Å². The summed E-state index contributed by atoms with van der Waals surface area (Å²) in [6, 6.07) is 17.4. The third kappa shape index (κ3) is 8.01. The topological polar surface area (TPSA) is 144 Å². The van der Waals surface area contributed by atoms with Crippen molar-refractivity contribution in [2.45, 2.75) is 0 Å². The minimum absolute atomic E-state index is 0.0487. The molecular formula is C24H25NO9. The molecule has 0 saturated carbocycles. The molecule has 10 heteroatoms. The van der Waals surface area contributed by atoms with Crippen LogP contribution < -0.4 is 14.8 Å². The van der Waals surface area contributed by atoms with Crippen molar-refractivity contribution in [1.82, 2.24) is 0 Å². The van der Waals surface area contributed by atoms with E-state index in [1.54, 1.807) is 18.2 Å². The Balaban J connectivity index is 0.000000310. The Morgan fingerprint density at radius 1 is 0.765 bits per heavy atom. The molecule has 10 nitrogen and oxygen atoms in total. The summed E-state index contributed by atoms with van der Waals surface area (Å²) in [5, 5.41) is 28.8. The summed E-state index contributed by atoms with van der Waals surface area (Å²) in [6.07, 6.45) is 0. The molecule has 1 amide bonds. The molecule has 3 aromatic carbocycles. The van der Waals surface area contributed by atoms with Crippen LogP contribution in [0.5, 0.6) is 23.0 Å². The molecule has 0 heterocycles. The second-order valence-corrected chi connectivity index (χ2v) is 6.59. The van der Waals surface area contributed by atoms with E-state index >= 15 is 0 Å². The molecule has 3 rings (SSSR count). The van der Waals surface area contributed by atoms with E-state index < -0.39 is 11.7 Å². The van der Waals surface area contributed by atoms with Gasteiger partial charge in [-0.1, -0.05) is 18.2 Å². The molecule has 0 unspecified atom stereocenters. The zero-order chi connectivity index (χ0) is 24.9. The van der Waals surface area contributed by atoms with Gasteiger partial charge in [0.15, 0.2) is 36.6 Å². The van der Waals surface area contributed by atoms with Gasteiger partial charge in [0.05, 0.1) is 5.56 Å². The van der Waals surface area contributed by atoms with Crippen LogP contribution in [0, 0.1) is 0 Å². The SMILES string of the molecule is COCOc1ccc(C(=O)Nc2ccccc2)cc1OCOC.O=C(O)c1ccc(O)c(O)c1. The fourth-order valence-electron chi connectivity index (χ4n) is 2.51. The highest BCUT2D eigenvalue weighted by molar-refractivity contribution is 6.04. The predicted molar refractivity (Wildman–Crippen MR) is 123 cm³/mol. The number of phenolic OH excluding ortho intramolecular Hbond substituents is 2. The number of carbonyl (C=O) groups excluding carboxylic acids is 1. The molecule has 0 bridgehead atoms. The third-order valence-electron chi connectivity index (χ3n) is 4.12. The fraction of sp³-hybridized carbons (Fsp3) is 0.167.